The Morgan fingerprint density at radius 2 is 2.06 bits per heavy atom. The summed E-state index contributed by atoms with van der Waals surface area (Å²) in [6.45, 7) is 2.83. The average molecular weight is 246 g/mol. The molecule has 0 atom stereocenters. The number of carbonyl (C=O) groups is 1. The zero-order valence-corrected chi connectivity index (χ0v) is 10.4. The van der Waals surface area contributed by atoms with Gasteiger partial charge in [0.05, 0.1) is 13.2 Å². The molecule has 1 aromatic rings. The van der Waals surface area contributed by atoms with Crippen molar-refractivity contribution in [2.24, 2.45) is 0 Å². The van der Waals surface area contributed by atoms with E-state index in [2.05, 4.69) is 10.6 Å². The van der Waals surface area contributed by atoms with Gasteiger partial charge in [-0.15, -0.1) is 0 Å². The molecule has 1 aliphatic carbocycles. The Morgan fingerprint density at radius 3 is 2.89 bits per heavy atom. The third-order valence-electron chi connectivity index (χ3n) is 3.40. The molecule has 96 valence electrons. The van der Waals surface area contributed by atoms with Gasteiger partial charge in [0.1, 0.15) is 0 Å². The molecule has 1 aromatic carbocycles. The predicted octanol–water partition coefficient (Wildman–Crippen LogP) is 1.20. The van der Waals surface area contributed by atoms with Crippen molar-refractivity contribution in [2.45, 2.75) is 32.1 Å². The van der Waals surface area contributed by atoms with Crippen molar-refractivity contribution in [2.75, 3.05) is 13.1 Å². The second kappa shape index (κ2) is 5.08. The normalized spacial score (nSPS) is 17.6. The van der Waals surface area contributed by atoms with E-state index in [1.165, 1.54) is 18.4 Å². The van der Waals surface area contributed by atoms with Crippen LogP contribution in [0.3, 0.4) is 0 Å². The Labute approximate surface area is 107 Å². The second-order valence-electron chi connectivity index (χ2n) is 4.96. The van der Waals surface area contributed by atoms with Gasteiger partial charge in [0.2, 0.25) is 0 Å². The van der Waals surface area contributed by atoms with Crippen LogP contribution in [0.5, 0.6) is 0 Å². The SMILES string of the molecule is O=C(NCCNC1CC1)c1ccc2c(c1)COC2. The summed E-state index contributed by atoms with van der Waals surface area (Å²) in [7, 11) is 0. The summed E-state index contributed by atoms with van der Waals surface area (Å²) < 4.78 is 5.34. The molecule has 1 saturated carbocycles. The molecule has 0 unspecified atom stereocenters. The summed E-state index contributed by atoms with van der Waals surface area (Å²) in [5, 5.41) is 6.30. The largest absolute Gasteiger partial charge is 0.372 e. The summed E-state index contributed by atoms with van der Waals surface area (Å²) in [6, 6.07) is 6.49. The lowest BCUT2D eigenvalue weighted by molar-refractivity contribution is 0.0953. The molecule has 3 rings (SSSR count). The van der Waals surface area contributed by atoms with Gasteiger partial charge in [0.15, 0.2) is 0 Å². The smallest absolute Gasteiger partial charge is 0.251 e. The van der Waals surface area contributed by atoms with E-state index in [9.17, 15) is 4.79 Å². The monoisotopic (exact) mass is 246 g/mol. The molecule has 1 amide bonds. The first-order valence-electron chi connectivity index (χ1n) is 6.54. The molecule has 4 heteroatoms. The third kappa shape index (κ3) is 2.71. The van der Waals surface area contributed by atoms with Crippen LogP contribution < -0.4 is 10.6 Å². The highest BCUT2D eigenvalue weighted by Gasteiger charge is 2.19. The lowest BCUT2D eigenvalue weighted by atomic mass is 10.1. The van der Waals surface area contributed by atoms with E-state index in [0.29, 0.717) is 25.8 Å². The maximum Gasteiger partial charge on any atom is 0.251 e. The van der Waals surface area contributed by atoms with Crippen LogP contribution in [0.15, 0.2) is 18.2 Å². The molecule has 1 aliphatic heterocycles. The summed E-state index contributed by atoms with van der Waals surface area (Å²) in [4.78, 5) is 11.9. The molecule has 0 spiro atoms. The van der Waals surface area contributed by atoms with E-state index in [-0.39, 0.29) is 5.91 Å². The minimum Gasteiger partial charge on any atom is -0.372 e. The fraction of sp³-hybridized carbons (Fsp3) is 0.500. The van der Waals surface area contributed by atoms with Crippen LogP contribution in [0.1, 0.15) is 34.3 Å². The first-order valence-corrected chi connectivity index (χ1v) is 6.54. The van der Waals surface area contributed by atoms with Gasteiger partial charge in [-0.25, -0.2) is 0 Å². The van der Waals surface area contributed by atoms with Gasteiger partial charge >= 0.3 is 0 Å². The standard InChI is InChI=1S/C14H18N2O2/c17-14(16-6-5-15-13-3-4-13)10-1-2-11-8-18-9-12(11)7-10/h1-2,7,13,15H,3-6,8-9H2,(H,16,17). The first kappa shape index (κ1) is 11.7. The topological polar surface area (TPSA) is 50.4 Å². The van der Waals surface area contributed by atoms with Crippen LogP contribution in [0, 0.1) is 0 Å². The van der Waals surface area contributed by atoms with E-state index in [1.807, 2.05) is 18.2 Å². The number of carbonyl (C=O) groups excluding carboxylic acids is 1. The third-order valence-corrected chi connectivity index (χ3v) is 3.40. The molecule has 1 fully saturated rings. The first-order chi connectivity index (χ1) is 8.83. The van der Waals surface area contributed by atoms with E-state index in [4.69, 9.17) is 4.74 Å². The van der Waals surface area contributed by atoms with Crippen LogP contribution in [-0.2, 0) is 18.0 Å². The van der Waals surface area contributed by atoms with E-state index >= 15 is 0 Å². The molecule has 1 heterocycles. The summed E-state index contributed by atoms with van der Waals surface area (Å²) in [5.41, 5.74) is 3.06. The molecule has 4 nitrogen and oxygen atoms in total. The number of benzene rings is 1. The number of hydrogen-bond donors (Lipinski definition) is 2. The highest BCUT2D eigenvalue weighted by atomic mass is 16.5. The molecule has 18 heavy (non-hydrogen) atoms. The lowest BCUT2D eigenvalue weighted by Crippen LogP contribution is -2.32. The van der Waals surface area contributed by atoms with Crippen molar-refractivity contribution in [1.82, 2.24) is 10.6 Å². The maximum absolute atomic E-state index is 11.9. The van der Waals surface area contributed by atoms with Crippen molar-refractivity contribution in [3.05, 3.63) is 34.9 Å². The number of amides is 1. The Kier molecular flexibility index (Phi) is 3.30. The van der Waals surface area contributed by atoms with Crippen LogP contribution in [0.2, 0.25) is 0 Å². The zero-order chi connectivity index (χ0) is 12.4. The fourth-order valence-electron chi connectivity index (χ4n) is 2.16. The van der Waals surface area contributed by atoms with Crippen LogP contribution in [0.4, 0.5) is 0 Å². The average Bonchev–Trinajstić information content (AvgIpc) is 3.09. The molecular formula is C14H18N2O2. The molecule has 0 radical (unpaired) electrons. The minimum absolute atomic E-state index is 0.00213. The molecular weight excluding hydrogens is 228 g/mol. The number of ether oxygens (including phenoxy) is 1. The second-order valence-corrected chi connectivity index (χ2v) is 4.96. The van der Waals surface area contributed by atoms with Gasteiger partial charge in [0, 0.05) is 24.7 Å². The Bertz CT molecular complexity index is 455. The Balaban J connectivity index is 1.51. The Morgan fingerprint density at radius 1 is 1.22 bits per heavy atom. The molecule has 0 saturated heterocycles. The van der Waals surface area contributed by atoms with Crippen molar-refractivity contribution >= 4 is 5.91 Å². The fourth-order valence-corrected chi connectivity index (χ4v) is 2.16. The zero-order valence-electron chi connectivity index (χ0n) is 10.4. The minimum atomic E-state index is 0.00213. The summed E-state index contributed by atoms with van der Waals surface area (Å²) >= 11 is 0. The summed E-state index contributed by atoms with van der Waals surface area (Å²) in [6.07, 6.45) is 2.55. The van der Waals surface area contributed by atoms with Gasteiger partial charge in [0.25, 0.3) is 5.91 Å². The van der Waals surface area contributed by atoms with Gasteiger partial charge in [-0.2, -0.15) is 0 Å². The molecule has 2 N–H and O–H groups in total. The molecule has 2 aliphatic rings. The van der Waals surface area contributed by atoms with E-state index < -0.39 is 0 Å². The predicted molar refractivity (Wildman–Crippen MR) is 68.3 cm³/mol. The van der Waals surface area contributed by atoms with Crippen molar-refractivity contribution < 1.29 is 9.53 Å². The van der Waals surface area contributed by atoms with Gasteiger partial charge in [-0.05, 0) is 36.1 Å². The van der Waals surface area contributed by atoms with E-state index in [0.717, 1.165) is 17.7 Å². The number of nitrogens with one attached hydrogen (secondary N) is 2. The number of hydrogen-bond acceptors (Lipinski definition) is 3. The maximum atomic E-state index is 11.9. The van der Waals surface area contributed by atoms with Crippen molar-refractivity contribution in [3.63, 3.8) is 0 Å². The number of rotatable bonds is 5. The Hall–Kier alpha value is -1.39. The summed E-state index contributed by atoms with van der Waals surface area (Å²) in [5.74, 6) is 0.00213. The van der Waals surface area contributed by atoms with Gasteiger partial charge < -0.3 is 15.4 Å². The lowest BCUT2D eigenvalue weighted by Gasteiger charge is -2.07. The molecule has 0 aromatic heterocycles. The molecule has 0 bridgehead atoms. The highest BCUT2D eigenvalue weighted by molar-refractivity contribution is 5.94. The van der Waals surface area contributed by atoms with Crippen LogP contribution >= 0.6 is 0 Å². The van der Waals surface area contributed by atoms with Crippen LogP contribution in [0.25, 0.3) is 0 Å². The number of fused-ring (bicyclic) bond motifs is 1. The highest BCUT2D eigenvalue weighted by Crippen LogP contribution is 2.20. The van der Waals surface area contributed by atoms with Crippen molar-refractivity contribution in [1.29, 1.82) is 0 Å². The van der Waals surface area contributed by atoms with Crippen molar-refractivity contribution in [3.8, 4) is 0 Å². The van der Waals surface area contributed by atoms with Gasteiger partial charge in [-0.3, -0.25) is 4.79 Å². The quantitative estimate of drug-likeness (QED) is 0.768. The van der Waals surface area contributed by atoms with Crippen LogP contribution in [-0.4, -0.2) is 25.0 Å². The van der Waals surface area contributed by atoms with E-state index in [1.54, 1.807) is 0 Å². The van der Waals surface area contributed by atoms with Gasteiger partial charge in [-0.1, -0.05) is 6.07 Å².